The first-order valence-electron chi connectivity index (χ1n) is 6.63. The number of rotatable bonds is 11. The lowest BCUT2D eigenvalue weighted by Gasteiger charge is -2.10. The van der Waals surface area contributed by atoms with Crippen molar-refractivity contribution in [3.05, 3.63) is 0 Å². The molecule has 0 aliphatic rings. The predicted octanol–water partition coefficient (Wildman–Crippen LogP) is 2.98. The molecule has 0 heterocycles. The monoisotopic (exact) mass is 265 g/mol. The maximum atomic E-state index is 11.0. The summed E-state index contributed by atoms with van der Waals surface area (Å²) in [6, 6.07) is 0. The van der Waals surface area contributed by atoms with Crippen LogP contribution in [0.25, 0.3) is 0 Å². The van der Waals surface area contributed by atoms with Crippen molar-refractivity contribution in [3.8, 4) is 0 Å². The van der Waals surface area contributed by atoms with E-state index in [1.54, 1.807) is 0 Å². The number of hydrogen-bond donors (Lipinski definition) is 1. The molecule has 0 fully saturated rings. The van der Waals surface area contributed by atoms with E-state index in [-0.39, 0.29) is 5.75 Å². The molecule has 4 nitrogen and oxygen atoms in total. The predicted molar refractivity (Wildman–Crippen MR) is 70.8 cm³/mol. The Balaban J connectivity index is 3.44. The minimum absolute atomic E-state index is 0.0283. The summed E-state index contributed by atoms with van der Waals surface area (Å²) in [6.45, 7) is 4.29. The molecule has 0 bridgehead atoms. The molecule has 1 atom stereocenters. The molecule has 0 saturated carbocycles. The molecule has 104 valence electrons. The van der Waals surface area contributed by atoms with Gasteiger partial charge in [-0.05, 0) is 12.3 Å². The van der Waals surface area contributed by atoms with Gasteiger partial charge in [0.1, 0.15) is 0 Å². The average Bonchev–Trinajstić information content (AvgIpc) is 2.31. The van der Waals surface area contributed by atoms with E-state index < -0.39 is 10.1 Å². The molecule has 0 amide bonds. The zero-order valence-electron chi connectivity index (χ0n) is 11.2. The molecular weight excluding hydrogens is 238 g/mol. The van der Waals surface area contributed by atoms with Gasteiger partial charge in [-0.15, -0.1) is 0 Å². The van der Waals surface area contributed by atoms with Crippen LogP contribution in [0.2, 0.25) is 0 Å². The minimum atomic E-state index is -3.48. The maximum absolute atomic E-state index is 11.0. The summed E-state index contributed by atoms with van der Waals surface area (Å²) < 4.78 is 25.9. The van der Waals surface area contributed by atoms with E-state index in [2.05, 4.69) is 24.0 Å². The van der Waals surface area contributed by atoms with E-state index in [1.807, 2.05) is 0 Å². The lowest BCUT2D eigenvalue weighted by atomic mass is 10.00. The van der Waals surface area contributed by atoms with Crippen LogP contribution >= 0.6 is 0 Å². The summed E-state index contributed by atoms with van der Waals surface area (Å²) >= 11 is 0. The highest BCUT2D eigenvalue weighted by molar-refractivity contribution is 7.86. The third-order valence-corrected chi connectivity index (χ3v) is 4.09. The lowest BCUT2D eigenvalue weighted by Crippen LogP contribution is -2.16. The molecule has 0 spiro atoms. The summed E-state index contributed by atoms with van der Waals surface area (Å²) in [6.07, 6.45) is 9.37. The second kappa shape index (κ2) is 9.85. The van der Waals surface area contributed by atoms with Gasteiger partial charge < -0.3 is 0 Å². The number of hydrogen-bond acceptors (Lipinski definition) is 4. The van der Waals surface area contributed by atoms with Gasteiger partial charge in [-0.2, -0.15) is 18.6 Å². The highest BCUT2D eigenvalue weighted by Crippen LogP contribution is 2.15. The van der Waals surface area contributed by atoms with Crippen LogP contribution in [0.4, 0.5) is 0 Å². The Bertz CT molecular complexity index is 265. The van der Waals surface area contributed by atoms with Crippen LogP contribution in [0, 0.1) is 5.92 Å². The molecule has 0 aromatic heterocycles. The first kappa shape index (κ1) is 16.9. The lowest BCUT2D eigenvalue weighted by molar-refractivity contribution is 0.329. The third-order valence-electron chi connectivity index (χ3n) is 3.06. The molecule has 0 rings (SSSR count). The minimum Gasteiger partial charge on any atom is -0.198 e. The Labute approximate surface area is 106 Å². The van der Waals surface area contributed by atoms with Crippen molar-refractivity contribution in [1.82, 2.24) is 0 Å². The fourth-order valence-corrected chi connectivity index (χ4v) is 2.60. The zero-order chi connectivity index (χ0) is 13.1. The maximum Gasteiger partial charge on any atom is 0.283 e. The van der Waals surface area contributed by atoms with E-state index in [0.29, 0.717) is 12.3 Å². The van der Waals surface area contributed by atoms with Gasteiger partial charge in [-0.1, -0.05) is 58.8 Å². The zero-order valence-corrected chi connectivity index (χ0v) is 12.0. The van der Waals surface area contributed by atoms with Crippen LogP contribution in [0.5, 0.6) is 0 Å². The van der Waals surface area contributed by atoms with Crippen molar-refractivity contribution in [1.29, 1.82) is 0 Å². The van der Waals surface area contributed by atoms with Crippen molar-refractivity contribution in [3.63, 3.8) is 0 Å². The van der Waals surface area contributed by atoms with E-state index in [1.165, 1.54) is 38.5 Å². The van der Waals surface area contributed by atoms with Crippen LogP contribution in [0.15, 0.2) is 0 Å². The van der Waals surface area contributed by atoms with Crippen LogP contribution in [0.1, 0.15) is 65.2 Å². The first-order valence-corrected chi connectivity index (χ1v) is 8.20. The first-order chi connectivity index (χ1) is 8.02. The normalized spacial score (nSPS) is 13.8. The molecule has 2 N–H and O–H groups in total. The molecule has 0 radical (unpaired) electrons. The standard InChI is InChI=1S/C12H27NO3S/c1-3-4-5-6-7-8-9-12(2)10-11-17(14,15)16-13/h12H,3-11,13H2,1-2H3. The second-order valence-electron chi connectivity index (χ2n) is 4.81. The summed E-state index contributed by atoms with van der Waals surface area (Å²) in [5.41, 5.74) is 0. The van der Waals surface area contributed by atoms with Gasteiger partial charge in [-0.25, -0.2) is 0 Å². The van der Waals surface area contributed by atoms with Gasteiger partial charge in [0, 0.05) is 0 Å². The van der Waals surface area contributed by atoms with Crippen molar-refractivity contribution in [2.24, 2.45) is 11.8 Å². The quantitative estimate of drug-likeness (QED) is 0.460. The summed E-state index contributed by atoms with van der Waals surface area (Å²) in [4.78, 5) is 0. The van der Waals surface area contributed by atoms with E-state index in [0.717, 1.165) is 6.42 Å². The smallest absolute Gasteiger partial charge is 0.198 e. The van der Waals surface area contributed by atoms with E-state index in [4.69, 9.17) is 0 Å². The molecule has 17 heavy (non-hydrogen) atoms. The van der Waals surface area contributed by atoms with Crippen LogP contribution in [0.3, 0.4) is 0 Å². The Morgan fingerprint density at radius 3 is 2.24 bits per heavy atom. The van der Waals surface area contributed by atoms with Gasteiger partial charge >= 0.3 is 0 Å². The van der Waals surface area contributed by atoms with Gasteiger partial charge in [0.15, 0.2) is 0 Å². The highest BCUT2D eigenvalue weighted by atomic mass is 32.2. The van der Waals surface area contributed by atoms with Crippen LogP contribution in [-0.2, 0) is 14.4 Å². The summed E-state index contributed by atoms with van der Waals surface area (Å²) in [5, 5.41) is 0. The van der Waals surface area contributed by atoms with Crippen molar-refractivity contribution in [2.45, 2.75) is 65.2 Å². The topological polar surface area (TPSA) is 69.4 Å². The van der Waals surface area contributed by atoms with Gasteiger partial charge in [0.25, 0.3) is 10.1 Å². The summed E-state index contributed by atoms with van der Waals surface area (Å²) in [7, 11) is -3.48. The number of nitrogens with two attached hydrogens (primary N) is 1. The summed E-state index contributed by atoms with van der Waals surface area (Å²) in [5.74, 6) is 5.12. The third kappa shape index (κ3) is 10.7. The molecule has 0 aromatic carbocycles. The van der Waals surface area contributed by atoms with Crippen molar-refractivity contribution >= 4 is 10.1 Å². The molecule has 1 unspecified atom stereocenters. The highest BCUT2D eigenvalue weighted by Gasteiger charge is 2.12. The number of unbranched alkanes of at least 4 members (excludes halogenated alkanes) is 5. The molecule has 0 aliphatic carbocycles. The second-order valence-corrected chi connectivity index (χ2v) is 6.52. The molecular formula is C12H27NO3S. The Morgan fingerprint density at radius 2 is 1.65 bits per heavy atom. The molecule has 0 aliphatic heterocycles. The van der Waals surface area contributed by atoms with E-state index in [9.17, 15) is 8.42 Å². The SMILES string of the molecule is CCCCCCCCC(C)CCS(=O)(=O)ON. The van der Waals surface area contributed by atoms with Crippen LogP contribution < -0.4 is 5.90 Å². The van der Waals surface area contributed by atoms with Crippen molar-refractivity contribution < 1.29 is 12.7 Å². The average molecular weight is 265 g/mol. The Kier molecular flexibility index (Phi) is 9.78. The molecule has 5 heteroatoms. The Morgan fingerprint density at radius 1 is 1.06 bits per heavy atom. The van der Waals surface area contributed by atoms with Crippen LogP contribution in [-0.4, -0.2) is 14.2 Å². The van der Waals surface area contributed by atoms with Crippen molar-refractivity contribution in [2.75, 3.05) is 5.75 Å². The Hall–Kier alpha value is -0.130. The largest absolute Gasteiger partial charge is 0.283 e. The molecule has 0 aromatic rings. The van der Waals surface area contributed by atoms with Gasteiger partial charge in [0.05, 0.1) is 5.75 Å². The fraction of sp³-hybridized carbons (Fsp3) is 1.00. The fourth-order valence-electron chi connectivity index (χ4n) is 1.81. The molecule has 0 saturated heterocycles. The van der Waals surface area contributed by atoms with Gasteiger partial charge in [-0.3, -0.25) is 0 Å². The van der Waals surface area contributed by atoms with E-state index >= 15 is 0 Å². The van der Waals surface area contributed by atoms with Gasteiger partial charge in [0.2, 0.25) is 0 Å².